The molecule has 0 radical (unpaired) electrons. The molecule has 108 valence electrons. The molecule has 2 unspecified atom stereocenters. The van der Waals surface area contributed by atoms with Crippen LogP contribution in [0.2, 0.25) is 0 Å². The number of hydrogen-bond donors (Lipinski definition) is 1. The summed E-state index contributed by atoms with van der Waals surface area (Å²) in [5.74, 6) is 1.56. The molecule has 1 aromatic heterocycles. The van der Waals surface area contributed by atoms with Crippen molar-refractivity contribution in [2.45, 2.75) is 58.9 Å². The van der Waals surface area contributed by atoms with Gasteiger partial charge in [0.1, 0.15) is 0 Å². The summed E-state index contributed by atoms with van der Waals surface area (Å²) < 4.78 is 0. The van der Waals surface area contributed by atoms with E-state index >= 15 is 0 Å². The van der Waals surface area contributed by atoms with E-state index in [1.807, 2.05) is 7.05 Å². The minimum Gasteiger partial charge on any atom is -0.314 e. The topological polar surface area (TPSA) is 55.6 Å². The highest BCUT2D eigenvalue weighted by Gasteiger charge is 2.37. The number of tetrazole rings is 1. The lowest BCUT2D eigenvalue weighted by Crippen LogP contribution is -2.46. The molecule has 0 aromatic carbocycles. The molecule has 1 aliphatic rings. The first-order valence-corrected chi connectivity index (χ1v) is 7.49. The molecule has 2 atom stereocenters. The molecular formula is C14H27N5. The second-order valence-electron chi connectivity index (χ2n) is 6.40. The zero-order valence-corrected chi connectivity index (χ0v) is 12.7. The Kier molecular flexibility index (Phi) is 4.55. The van der Waals surface area contributed by atoms with Gasteiger partial charge < -0.3 is 5.32 Å². The number of likely N-dealkylation sites (N-methyl/N-ethyl adjacent to an activating group) is 1. The van der Waals surface area contributed by atoms with Gasteiger partial charge >= 0.3 is 0 Å². The zero-order chi connectivity index (χ0) is 13.9. The fourth-order valence-corrected chi connectivity index (χ4v) is 3.49. The number of hydrogen-bond acceptors (Lipinski definition) is 4. The molecule has 0 saturated heterocycles. The molecule has 5 nitrogen and oxygen atoms in total. The molecule has 1 aliphatic carbocycles. The van der Waals surface area contributed by atoms with E-state index in [4.69, 9.17) is 0 Å². The van der Waals surface area contributed by atoms with Crippen molar-refractivity contribution in [1.82, 2.24) is 25.5 Å². The summed E-state index contributed by atoms with van der Waals surface area (Å²) in [7, 11) is 1.82. The predicted octanol–water partition coefficient (Wildman–Crippen LogP) is 1.95. The smallest absolute Gasteiger partial charge is 0.176 e. The zero-order valence-electron chi connectivity index (χ0n) is 12.7. The van der Waals surface area contributed by atoms with Crippen LogP contribution in [-0.4, -0.2) is 32.8 Å². The molecule has 19 heavy (non-hydrogen) atoms. The Hall–Kier alpha value is -0.970. The summed E-state index contributed by atoms with van der Waals surface area (Å²) in [5.41, 5.74) is 0.410. The lowest BCUT2D eigenvalue weighted by Gasteiger charge is -2.43. The van der Waals surface area contributed by atoms with E-state index < -0.39 is 0 Å². The quantitative estimate of drug-likeness (QED) is 0.884. The molecule has 1 aromatic rings. The molecule has 5 heteroatoms. The number of nitrogens with one attached hydrogen (secondary N) is 1. The van der Waals surface area contributed by atoms with E-state index in [-0.39, 0.29) is 0 Å². The van der Waals surface area contributed by atoms with E-state index in [0.717, 1.165) is 18.8 Å². The summed E-state index contributed by atoms with van der Waals surface area (Å²) in [6.07, 6.45) is 6.24. The lowest BCUT2D eigenvalue weighted by atomic mass is 9.65. The van der Waals surface area contributed by atoms with Crippen LogP contribution < -0.4 is 5.32 Å². The van der Waals surface area contributed by atoms with Gasteiger partial charge in [-0.25, -0.2) is 0 Å². The molecule has 1 saturated carbocycles. The average Bonchev–Trinajstić information content (AvgIpc) is 2.74. The Morgan fingerprint density at radius 1 is 1.42 bits per heavy atom. The maximum atomic E-state index is 4.33. The summed E-state index contributed by atoms with van der Waals surface area (Å²) in [6.45, 7) is 7.99. The van der Waals surface area contributed by atoms with Gasteiger partial charge in [-0.15, -0.1) is 10.2 Å². The van der Waals surface area contributed by atoms with Crippen LogP contribution in [0, 0.1) is 11.3 Å². The van der Waals surface area contributed by atoms with Crippen molar-refractivity contribution in [1.29, 1.82) is 0 Å². The van der Waals surface area contributed by atoms with E-state index in [0.29, 0.717) is 17.4 Å². The second-order valence-corrected chi connectivity index (χ2v) is 6.40. The van der Waals surface area contributed by atoms with Gasteiger partial charge in [0, 0.05) is 12.5 Å². The number of rotatable bonds is 5. The largest absolute Gasteiger partial charge is 0.314 e. The van der Waals surface area contributed by atoms with Gasteiger partial charge in [0.25, 0.3) is 0 Å². The summed E-state index contributed by atoms with van der Waals surface area (Å²) in [6, 6.07) is 0.463. The fraction of sp³-hybridized carbons (Fsp3) is 0.929. The van der Waals surface area contributed by atoms with Crippen molar-refractivity contribution >= 4 is 0 Å². The first-order chi connectivity index (χ1) is 9.03. The Morgan fingerprint density at radius 3 is 2.79 bits per heavy atom. The van der Waals surface area contributed by atoms with Crippen LogP contribution in [0.5, 0.6) is 0 Å². The highest BCUT2D eigenvalue weighted by Crippen LogP contribution is 2.42. The maximum Gasteiger partial charge on any atom is 0.176 e. The Morgan fingerprint density at radius 2 is 2.21 bits per heavy atom. The van der Waals surface area contributed by atoms with Gasteiger partial charge in [-0.2, -0.15) is 4.80 Å². The second kappa shape index (κ2) is 5.99. The van der Waals surface area contributed by atoms with Crippen LogP contribution in [-0.2, 0) is 13.5 Å². The van der Waals surface area contributed by atoms with Crippen LogP contribution >= 0.6 is 0 Å². The SMILES string of the molecule is CCNC(Cc1nnn(C)n1)C1CCCCC1(C)C. The third-order valence-corrected chi connectivity index (χ3v) is 4.49. The molecular weight excluding hydrogens is 238 g/mol. The summed E-state index contributed by atoms with van der Waals surface area (Å²) in [4.78, 5) is 1.55. The van der Waals surface area contributed by atoms with Gasteiger partial charge in [0.15, 0.2) is 5.82 Å². The van der Waals surface area contributed by atoms with Crippen molar-refractivity contribution in [3.05, 3.63) is 5.82 Å². The van der Waals surface area contributed by atoms with Crippen LogP contribution in [0.3, 0.4) is 0 Å². The summed E-state index contributed by atoms with van der Waals surface area (Å²) >= 11 is 0. The minimum atomic E-state index is 0.410. The molecule has 1 fully saturated rings. The van der Waals surface area contributed by atoms with Crippen LogP contribution in [0.15, 0.2) is 0 Å². The standard InChI is InChI=1S/C14H27N5/c1-5-15-12(10-13-16-18-19(4)17-13)11-8-6-7-9-14(11,2)3/h11-12,15H,5-10H2,1-4H3. The van der Waals surface area contributed by atoms with Gasteiger partial charge in [0.05, 0.1) is 7.05 Å². The Balaban J connectivity index is 2.10. The van der Waals surface area contributed by atoms with Gasteiger partial charge in [-0.05, 0) is 35.9 Å². The average molecular weight is 265 g/mol. The Labute approximate surface area is 116 Å². The highest BCUT2D eigenvalue weighted by atomic mass is 15.6. The first-order valence-electron chi connectivity index (χ1n) is 7.49. The van der Waals surface area contributed by atoms with Crippen LogP contribution in [0.4, 0.5) is 0 Å². The number of aryl methyl sites for hydroxylation is 1. The number of nitrogens with zero attached hydrogens (tertiary/aromatic N) is 4. The monoisotopic (exact) mass is 265 g/mol. The predicted molar refractivity (Wildman–Crippen MR) is 75.7 cm³/mol. The van der Waals surface area contributed by atoms with Crippen molar-refractivity contribution in [2.75, 3.05) is 6.54 Å². The van der Waals surface area contributed by atoms with E-state index in [9.17, 15) is 0 Å². The number of aromatic nitrogens is 4. The molecule has 2 rings (SSSR count). The molecule has 1 heterocycles. The van der Waals surface area contributed by atoms with Crippen molar-refractivity contribution in [3.63, 3.8) is 0 Å². The lowest BCUT2D eigenvalue weighted by molar-refractivity contribution is 0.0980. The van der Waals surface area contributed by atoms with Crippen molar-refractivity contribution in [3.8, 4) is 0 Å². The third-order valence-electron chi connectivity index (χ3n) is 4.49. The Bertz CT molecular complexity index is 398. The molecule has 0 amide bonds. The fourth-order valence-electron chi connectivity index (χ4n) is 3.49. The van der Waals surface area contributed by atoms with E-state index in [2.05, 4.69) is 41.5 Å². The highest BCUT2D eigenvalue weighted by molar-refractivity contribution is 4.95. The van der Waals surface area contributed by atoms with Gasteiger partial charge in [0.2, 0.25) is 0 Å². The molecule has 0 aliphatic heterocycles. The normalized spacial score (nSPS) is 24.3. The molecule has 0 bridgehead atoms. The third kappa shape index (κ3) is 3.53. The summed E-state index contributed by atoms with van der Waals surface area (Å²) in [5, 5.41) is 16.1. The van der Waals surface area contributed by atoms with Gasteiger partial charge in [-0.3, -0.25) is 0 Å². The molecule has 0 spiro atoms. The van der Waals surface area contributed by atoms with Crippen LogP contribution in [0.1, 0.15) is 52.3 Å². The van der Waals surface area contributed by atoms with Crippen LogP contribution in [0.25, 0.3) is 0 Å². The van der Waals surface area contributed by atoms with Crippen molar-refractivity contribution < 1.29 is 0 Å². The van der Waals surface area contributed by atoms with E-state index in [1.54, 1.807) is 4.80 Å². The first kappa shape index (κ1) is 14.4. The van der Waals surface area contributed by atoms with Crippen molar-refractivity contribution in [2.24, 2.45) is 18.4 Å². The van der Waals surface area contributed by atoms with Gasteiger partial charge in [-0.1, -0.05) is 33.6 Å². The maximum absolute atomic E-state index is 4.33. The van der Waals surface area contributed by atoms with E-state index in [1.165, 1.54) is 25.7 Å². The minimum absolute atomic E-state index is 0.410. The molecule has 1 N–H and O–H groups in total.